The summed E-state index contributed by atoms with van der Waals surface area (Å²) in [5.74, 6) is 0. The highest BCUT2D eigenvalue weighted by atomic mass is 32.2. The molecule has 1 aliphatic heterocycles. The molecular formula is C14H22N2O4S2. The fourth-order valence-electron chi connectivity index (χ4n) is 2.64. The average Bonchev–Trinajstić information content (AvgIpc) is 2.40. The first-order valence-electron chi connectivity index (χ1n) is 7.14. The maximum atomic E-state index is 12.7. The van der Waals surface area contributed by atoms with Crippen LogP contribution in [0.3, 0.4) is 0 Å². The monoisotopic (exact) mass is 346 g/mol. The summed E-state index contributed by atoms with van der Waals surface area (Å²) in [6, 6.07) is 5.18. The summed E-state index contributed by atoms with van der Waals surface area (Å²) in [5, 5.41) is 0. The molecule has 0 radical (unpaired) electrons. The second-order valence-corrected chi connectivity index (χ2v) is 9.52. The zero-order valence-corrected chi connectivity index (χ0v) is 14.7. The molecule has 1 N–H and O–H groups in total. The Bertz CT molecular complexity index is 749. The summed E-state index contributed by atoms with van der Waals surface area (Å²) in [4.78, 5) is 0.335. The lowest BCUT2D eigenvalue weighted by Crippen LogP contribution is -2.46. The molecule has 1 aromatic carbocycles. The van der Waals surface area contributed by atoms with Gasteiger partial charge < -0.3 is 0 Å². The van der Waals surface area contributed by atoms with E-state index in [0.29, 0.717) is 30.8 Å². The number of sulfonamides is 2. The van der Waals surface area contributed by atoms with Gasteiger partial charge in [-0.2, -0.15) is 4.31 Å². The van der Waals surface area contributed by atoms with Crippen LogP contribution in [0.5, 0.6) is 0 Å². The van der Waals surface area contributed by atoms with Crippen molar-refractivity contribution in [3.05, 3.63) is 29.3 Å². The highest BCUT2D eigenvalue weighted by molar-refractivity contribution is 7.89. The molecular weight excluding hydrogens is 324 g/mol. The first-order chi connectivity index (χ1) is 10.1. The lowest BCUT2D eigenvalue weighted by Gasteiger charge is -2.31. The topological polar surface area (TPSA) is 83.6 Å². The number of benzene rings is 1. The molecule has 2 rings (SSSR count). The molecule has 0 aliphatic carbocycles. The average molecular weight is 346 g/mol. The fourth-order valence-corrected chi connectivity index (χ4v) is 5.26. The van der Waals surface area contributed by atoms with E-state index in [-0.39, 0.29) is 6.04 Å². The molecule has 1 heterocycles. The van der Waals surface area contributed by atoms with E-state index in [1.165, 1.54) is 4.31 Å². The quantitative estimate of drug-likeness (QED) is 0.882. The van der Waals surface area contributed by atoms with Gasteiger partial charge in [0.05, 0.1) is 11.2 Å². The van der Waals surface area contributed by atoms with Gasteiger partial charge in [0.2, 0.25) is 20.0 Å². The van der Waals surface area contributed by atoms with Crippen molar-refractivity contribution >= 4 is 20.0 Å². The van der Waals surface area contributed by atoms with Crippen LogP contribution >= 0.6 is 0 Å². The molecule has 0 atom stereocenters. The van der Waals surface area contributed by atoms with E-state index in [9.17, 15) is 16.8 Å². The second-order valence-electron chi connectivity index (χ2n) is 5.84. The normalized spacial score (nSPS) is 18.5. The Hall–Kier alpha value is -0.960. The SMILES string of the molecule is Cc1ccc(C)c(S(=O)(=O)N2CCC(NS(C)(=O)=O)CC2)c1. The Morgan fingerprint density at radius 1 is 1.09 bits per heavy atom. The maximum absolute atomic E-state index is 12.7. The van der Waals surface area contributed by atoms with E-state index < -0.39 is 20.0 Å². The van der Waals surface area contributed by atoms with Crippen LogP contribution in [0.15, 0.2) is 23.1 Å². The molecule has 0 spiro atoms. The zero-order chi connectivity index (χ0) is 16.5. The Balaban J connectivity index is 2.15. The smallest absolute Gasteiger partial charge is 0.213 e. The van der Waals surface area contributed by atoms with Gasteiger partial charge >= 0.3 is 0 Å². The molecule has 0 amide bonds. The number of nitrogens with zero attached hydrogens (tertiary/aromatic N) is 1. The van der Waals surface area contributed by atoms with Crippen LogP contribution in [-0.2, 0) is 20.0 Å². The molecule has 0 unspecified atom stereocenters. The van der Waals surface area contributed by atoms with Crippen LogP contribution in [0.2, 0.25) is 0 Å². The van der Waals surface area contributed by atoms with Crippen molar-refractivity contribution in [2.24, 2.45) is 0 Å². The zero-order valence-electron chi connectivity index (χ0n) is 13.0. The van der Waals surface area contributed by atoms with Crippen LogP contribution in [0.4, 0.5) is 0 Å². The van der Waals surface area contributed by atoms with E-state index in [1.54, 1.807) is 19.1 Å². The molecule has 124 valence electrons. The Kier molecular flexibility index (Phi) is 4.96. The van der Waals surface area contributed by atoms with Crippen molar-refractivity contribution in [2.45, 2.75) is 37.6 Å². The van der Waals surface area contributed by atoms with Crippen molar-refractivity contribution < 1.29 is 16.8 Å². The van der Waals surface area contributed by atoms with Crippen LogP contribution in [0, 0.1) is 13.8 Å². The molecule has 6 nitrogen and oxygen atoms in total. The highest BCUT2D eigenvalue weighted by Crippen LogP contribution is 2.24. The van der Waals surface area contributed by atoms with Gasteiger partial charge in [0.1, 0.15) is 0 Å². The van der Waals surface area contributed by atoms with Crippen LogP contribution < -0.4 is 4.72 Å². The van der Waals surface area contributed by atoms with E-state index >= 15 is 0 Å². The standard InChI is InChI=1S/C14H22N2O4S2/c1-11-4-5-12(2)14(10-11)22(19,20)16-8-6-13(7-9-16)15-21(3,17)18/h4-5,10,13,15H,6-9H2,1-3H3. The number of hydrogen-bond acceptors (Lipinski definition) is 4. The van der Waals surface area contributed by atoms with Gasteiger partial charge in [-0.3, -0.25) is 0 Å². The van der Waals surface area contributed by atoms with Gasteiger partial charge in [0.15, 0.2) is 0 Å². The first-order valence-corrected chi connectivity index (χ1v) is 10.5. The van der Waals surface area contributed by atoms with E-state index in [1.807, 2.05) is 13.0 Å². The summed E-state index contributed by atoms with van der Waals surface area (Å²) >= 11 is 0. The minimum absolute atomic E-state index is 0.194. The van der Waals surface area contributed by atoms with Crippen LogP contribution in [0.1, 0.15) is 24.0 Å². The van der Waals surface area contributed by atoms with Gasteiger partial charge in [0, 0.05) is 19.1 Å². The third kappa shape index (κ3) is 4.07. The summed E-state index contributed by atoms with van der Waals surface area (Å²) in [6.45, 7) is 4.29. The summed E-state index contributed by atoms with van der Waals surface area (Å²) in [7, 11) is -6.79. The van der Waals surface area contributed by atoms with Crippen molar-refractivity contribution in [1.82, 2.24) is 9.03 Å². The van der Waals surface area contributed by atoms with Crippen LogP contribution in [0.25, 0.3) is 0 Å². The van der Waals surface area contributed by atoms with Gasteiger partial charge in [-0.15, -0.1) is 0 Å². The highest BCUT2D eigenvalue weighted by Gasteiger charge is 2.31. The lowest BCUT2D eigenvalue weighted by molar-refractivity contribution is 0.308. The minimum atomic E-state index is -3.53. The molecule has 8 heteroatoms. The summed E-state index contributed by atoms with van der Waals surface area (Å²) < 4.78 is 51.9. The van der Waals surface area contributed by atoms with Gasteiger partial charge in [-0.1, -0.05) is 12.1 Å². The number of hydrogen-bond donors (Lipinski definition) is 1. The van der Waals surface area contributed by atoms with E-state index in [4.69, 9.17) is 0 Å². The molecule has 22 heavy (non-hydrogen) atoms. The van der Waals surface area contributed by atoms with Gasteiger partial charge in [0.25, 0.3) is 0 Å². The number of nitrogens with one attached hydrogen (secondary N) is 1. The predicted octanol–water partition coefficient (Wildman–Crippen LogP) is 1.01. The van der Waals surface area contributed by atoms with E-state index in [2.05, 4.69) is 4.72 Å². The molecule has 0 bridgehead atoms. The first kappa shape index (κ1) is 17.4. The van der Waals surface area contributed by atoms with Gasteiger partial charge in [-0.25, -0.2) is 21.6 Å². The van der Waals surface area contributed by atoms with E-state index in [0.717, 1.165) is 17.4 Å². The third-order valence-electron chi connectivity index (χ3n) is 3.80. The van der Waals surface area contributed by atoms with Crippen molar-refractivity contribution in [2.75, 3.05) is 19.3 Å². The lowest BCUT2D eigenvalue weighted by atomic mass is 10.1. The second kappa shape index (κ2) is 6.27. The fraction of sp³-hybridized carbons (Fsp3) is 0.571. The summed E-state index contributed by atoms with van der Waals surface area (Å²) in [6.07, 6.45) is 2.08. The van der Waals surface area contributed by atoms with Crippen molar-refractivity contribution in [3.8, 4) is 0 Å². The van der Waals surface area contributed by atoms with Crippen molar-refractivity contribution in [1.29, 1.82) is 0 Å². The Labute approximate surface area is 132 Å². The Morgan fingerprint density at radius 3 is 2.23 bits per heavy atom. The van der Waals surface area contributed by atoms with Gasteiger partial charge in [-0.05, 0) is 43.9 Å². The molecule has 1 saturated heterocycles. The summed E-state index contributed by atoms with van der Waals surface area (Å²) in [5.41, 5.74) is 1.62. The van der Waals surface area contributed by atoms with Crippen molar-refractivity contribution in [3.63, 3.8) is 0 Å². The molecule has 1 aromatic rings. The number of piperidine rings is 1. The molecule has 0 saturated carbocycles. The third-order valence-corrected chi connectivity index (χ3v) is 6.60. The molecule has 1 fully saturated rings. The number of rotatable bonds is 4. The largest absolute Gasteiger partial charge is 0.243 e. The minimum Gasteiger partial charge on any atom is -0.213 e. The molecule has 1 aliphatic rings. The Morgan fingerprint density at radius 2 is 1.68 bits per heavy atom. The van der Waals surface area contributed by atoms with Crippen LogP contribution in [-0.4, -0.2) is 46.5 Å². The number of aryl methyl sites for hydroxylation is 2. The maximum Gasteiger partial charge on any atom is 0.243 e. The molecule has 0 aromatic heterocycles. The predicted molar refractivity (Wildman–Crippen MR) is 85.7 cm³/mol.